The lowest BCUT2D eigenvalue weighted by Crippen LogP contribution is -2.23. The molecule has 0 aliphatic carbocycles. The Bertz CT molecular complexity index is 99.7. The van der Waals surface area contributed by atoms with E-state index < -0.39 is 0 Å². The maximum absolute atomic E-state index is 5.23. The number of rotatable bonds is 5. The van der Waals surface area contributed by atoms with E-state index >= 15 is 0 Å². The Morgan fingerprint density at radius 1 is 1.55 bits per heavy atom. The van der Waals surface area contributed by atoms with Gasteiger partial charge in [0.15, 0.2) is 0 Å². The third-order valence-electron chi connectivity index (χ3n) is 2.36. The summed E-state index contributed by atoms with van der Waals surface area (Å²) in [5.41, 5.74) is 0.398. The topological polar surface area (TPSA) is 9.23 Å². The first-order valence-corrected chi connectivity index (χ1v) is 5.29. The van der Waals surface area contributed by atoms with Crippen molar-refractivity contribution in [3.63, 3.8) is 0 Å². The number of methoxy groups -OCH3 is 1. The normalized spacial score (nSPS) is 19.4. The Kier molecular flexibility index (Phi) is 5.36. The molecule has 0 aromatic carbocycles. The van der Waals surface area contributed by atoms with Crippen molar-refractivity contribution in [1.29, 1.82) is 0 Å². The average molecular weight is 223 g/mol. The first-order valence-electron chi connectivity index (χ1n) is 4.16. The van der Waals surface area contributed by atoms with Crippen LogP contribution in [0.5, 0.6) is 0 Å². The van der Waals surface area contributed by atoms with Crippen LogP contribution in [0.3, 0.4) is 0 Å². The zero-order chi connectivity index (χ0) is 8.91. The van der Waals surface area contributed by atoms with Crippen molar-refractivity contribution in [2.75, 3.05) is 12.4 Å². The van der Waals surface area contributed by atoms with E-state index in [9.17, 15) is 0 Å². The van der Waals surface area contributed by atoms with Crippen molar-refractivity contribution in [1.82, 2.24) is 0 Å². The number of ether oxygens (including phenoxy) is 1. The van der Waals surface area contributed by atoms with Gasteiger partial charge in [-0.05, 0) is 25.2 Å². The van der Waals surface area contributed by atoms with Gasteiger partial charge >= 0.3 is 0 Å². The van der Waals surface area contributed by atoms with Gasteiger partial charge in [-0.1, -0.05) is 29.8 Å². The van der Waals surface area contributed by atoms with Gasteiger partial charge in [0.25, 0.3) is 0 Å². The maximum Gasteiger partial charge on any atom is 0.0548 e. The van der Waals surface area contributed by atoms with Crippen molar-refractivity contribution in [2.24, 2.45) is 5.41 Å². The fourth-order valence-electron chi connectivity index (χ4n) is 1.07. The van der Waals surface area contributed by atoms with E-state index in [0.717, 1.165) is 11.8 Å². The van der Waals surface area contributed by atoms with Crippen LogP contribution >= 0.6 is 15.9 Å². The lowest BCUT2D eigenvalue weighted by Gasteiger charge is -2.28. The van der Waals surface area contributed by atoms with Gasteiger partial charge in [-0.15, -0.1) is 0 Å². The predicted molar refractivity (Wildman–Crippen MR) is 53.3 cm³/mol. The quantitative estimate of drug-likeness (QED) is 0.650. The molecule has 1 nitrogen and oxygen atoms in total. The summed E-state index contributed by atoms with van der Waals surface area (Å²) in [6.45, 7) is 6.64. The van der Waals surface area contributed by atoms with E-state index in [4.69, 9.17) is 4.74 Å². The highest BCUT2D eigenvalue weighted by Crippen LogP contribution is 2.29. The molecule has 0 saturated heterocycles. The summed E-state index contributed by atoms with van der Waals surface area (Å²) in [4.78, 5) is 0. The number of alkyl halides is 1. The molecule has 0 bridgehead atoms. The van der Waals surface area contributed by atoms with E-state index in [1.54, 1.807) is 7.11 Å². The molecule has 2 heteroatoms. The standard InChI is InChI=1S/C9H19BrO/c1-5-9(3,7-10)6-8(2)11-4/h8H,5-7H2,1-4H3. The second-order valence-corrected chi connectivity index (χ2v) is 4.11. The largest absolute Gasteiger partial charge is 0.382 e. The van der Waals surface area contributed by atoms with Crippen molar-refractivity contribution >= 4 is 15.9 Å². The zero-order valence-electron chi connectivity index (χ0n) is 7.98. The van der Waals surface area contributed by atoms with Gasteiger partial charge in [0.2, 0.25) is 0 Å². The van der Waals surface area contributed by atoms with E-state index in [-0.39, 0.29) is 0 Å². The molecule has 0 fully saturated rings. The Labute approximate surface area is 78.6 Å². The Hall–Kier alpha value is 0.440. The molecule has 0 aliphatic heterocycles. The van der Waals surface area contributed by atoms with Gasteiger partial charge in [0.1, 0.15) is 0 Å². The molecule has 0 radical (unpaired) electrons. The summed E-state index contributed by atoms with van der Waals surface area (Å²) >= 11 is 3.53. The number of hydrogen-bond donors (Lipinski definition) is 0. The monoisotopic (exact) mass is 222 g/mol. The smallest absolute Gasteiger partial charge is 0.0548 e. The summed E-state index contributed by atoms with van der Waals surface area (Å²) < 4.78 is 5.23. The molecule has 0 aromatic rings. The molecule has 0 heterocycles. The Morgan fingerprint density at radius 2 is 2.09 bits per heavy atom. The lowest BCUT2D eigenvalue weighted by atomic mass is 9.84. The van der Waals surface area contributed by atoms with E-state index in [1.165, 1.54) is 6.42 Å². The third kappa shape index (κ3) is 4.12. The Balaban J connectivity index is 3.86. The molecule has 0 spiro atoms. The number of halogens is 1. The average Bonchev–Trinajstić information content (AvgIpc) is 2.04. The summed E-state index contributed by atoms with van der Waals surface area (Å²) in [6, 6.07) is 0. The summed E-state index contributed by atoms with van der Waals surface area (Å²) in [5, 5.41) is 1.06. The second-order valence-electron chi connectivity index (χ2n) is 3.55. The van der Waals surface area contributed by atoms with Crippen LogP contribution in [-0.4, -0.2) is 18.5 Å². The summed E-state index contributed by atoms with van der Waals surface area (Å²) in [6.07, 6.45) is 2.70. The molecular formula is C9H19BrO. The fraction of sp³-hybridized carbons (Fsp3) is 1.00. The zero-order valence-corrected chi connectivity index (χ0v) is 9.57. The maximum atomic E-state index is 5.23. The van der Waals surface area contributed by atoms with Gasteiger partial charge < -0.3 is 4.74 Å². The van der Waals surface area contributed by atoms with Crippen molar-refractivity contribution in [2.45, 2.75) is 39.7 Å². The van der Waals surface area contributed by atoms with Crippen molar-refractivity contribution in [3.8, 4) is 0 Å². The first kappa shape index (κ1) is 11.4. The lowest BCUT2D eigenvalue weighted by molar-refractivity contribution is 0.0760. The molecule has 68 valence electrons. The second kappa shape index (κ2) is 5.15. The van der Waals surface area contributed by atoms with Crippen LogP contribution in [0.1, 0.15) is 33.6 Å². The van der Waals surface area contributed by atoms with Crippen LogP contribution in [0.15, 0.2) is 0 Å². The fourth-order valence-corrected chi connectivity index (χ4v) is 1.70. The van der Waals surface area contributed by atoms with Crippen molar-refractivity contribution in [3.05, 3.63) is 0 Å². The molecule has 0 aromatic heterocycles. The van der Waals surface area contributed by atoms with Crippen LogP contribution in [0.25, 0.3) is 0 Å². The molecule has 0 N–H and O–H groups in total. The van der Waals surface area contributed by atoms with Crippen LogP contribution < -0.4 is 0 Å². The molecule has 0 rings (SSSR count). The molecule has 0 aliphatic rings. The Morgan fingerprint density at radius 3 is 2.36 bits per heavy atom. The van der Waals surface area contributed by atoms with Gasteiger partial charge in [-0.3, -0.25) is 0 Å². The van der Waals surface area contributed by atoms with E-state index in [0.29, 0.717) is 11.5 Å². The molecule has 0 amide bonds. The highest BCUT2D eigenvalue weighted by atomic mass is 79.9. The molecule has 2 unspecified atom stereocenters. The molecule has 2 atom stereocenters. The van der Waals surface area contributed by atoms with Crippen LogP contribution in [0.2, 0.25) is 0 Å². The highest BCUT2D eigenvalue weighted by molar-refractivity contribution is 9.09. The van der Waals surface area contributed by atoms with Crippen LogP contribution in [-0.2, 0) is 4.74 Å². The van der Waals surface area contributed by atoms with E-state index in [1.807, 2.05) is 0 Å². The minimum Gasteiger partial charge on any atom is -0.382 e. The van der Waals surface area contributed by atoms with Gasteiger partial charge in [0.05, 0.1) is 6.10 Å². The molecule has 11 heavy (non-hydrogen) atoms. The minimum absolute atomic E-state index is 0.373. The third-order valence-corrected chi connectivity index (χ3v) is 3.71. The summed E-state index contributed by atoms with van der Waals surface area (Å²) in [7, 11) is 1.77. The molecule has 0 saturated carbocycles. The van der Waals surface area contributed by atoms with Crippen LogP contribution in [0, 0.1) is 5.41 Å². The highest BCUT2D eigenvalue weighted by Gasteiger charge is 2.22. The van der Waals surface area contributed by atoms with Gasteiger partial charge in [0, 0.05) is 12.4 Å². The predicted octanol–water partition coefficient (Wildman–Crippen LogP) is 3.22. The minimum atomic E-state index is 0.373. The SMILES string of the molecule is CCC(C)(CBr)CC(C)OC. The number of hydrogen-bond acceptors (Lipinski definition) is 1. The first-order chi connectivity index (χ1) is 5.08. The summed E-state index contributed by atoms with van der Waals surface area (Å²) in [5.74, 6) is 0. The van der Waals surface area contributed by atoms with Crippen LogP contribution in [0.4, 0.5) is 0 Å². The van der Waals surface area contributed by atoms with Crippen molar-refractivity contribution < 1.29 is 4.74 Å². The van der Waals surface area contributed by atoms with Gasteiger partial charge in [-0.2, -0.15) is 0 Å². The van der Waals surface area contributed by atoms with E-state index in [2.05, 4.69) is 36.7 Å². The molecular weight excluding hydrogens is 204 g/mol. The van der Waals surface area contributed by atoms with Gasteiger partial charge in [-0.25, -0.2) is 0 Å².